The Kier molecular flexibility index (Phi) is 7.33. The molecule has 0 bridgehead atoms. The normalized spacial score (nSPS) is 11.5. The second-order valence-electron chi connectivity index (χ2n) is 6.08. The van der Waals surface area contributed by atoms with Crippen molar-refractivity contribution in [1.29, 1.82) is 0 Å². The molecule has 1 N–H and O–H groups in total. The molecule has 0 saturated heterocycles. The molecule has 26 heavy (non-hydrogen) atoms. The van der Waals surface area contributed by atoms with Crippen molar-refractivity contribution >= 4 is 5.91 Å². The summed E-state index contributed by atoms with van der Waals surface area (Å²) in [6, 6.07) is 13.3. The fourth-order valence-electron chi connectivity index (χ4n) is 2.42. The molecule has 0 aliphatic rings. The van der Waals surface area contributed by atoms with E-state index in [1.165, 1.54) is 0 Å². The van der Waals surface area contributed by atoms with Crippen LogP contribution in [0.15, 0.2) is 42.5 Å². The number of para-hydroxylation sites is 1. The van der Waals surface area contributed by atoms with Crippen molar-refractivity contribution in [3.63, 3.8) is 0 Å². The van der Waals surface area contributed by atoms with Gasteiger partial charge in [-0.2, -0.15) is 0 Å². The fraction of sp³-hybridized carbons (Fsp3) is 0.381. The first kappa shape index (κ1) is 19.6. The van der Waals surface area contributed by atoms with Crippen molar-refractivity contribution in [3.8, 4) is 17.2 Å². The molecule has 0 heterocycles. The summed E-state index contributed by atoms with van der Waals surface area (Å²) in [7, 11) is 1.61. The maximum Gasteiger partial charge on any atom is 0.261 e. The smallest absolute Gasteiger partial charge is 0.261 e. The molecule has 0 aromatic heterocycles. The van der Waals surface area contributed by atoms with Gasteiger partial charge in [-0.15, -0.1) is 0 Å². The minimum atomic E-state index is -0.579. The molecule has 5 nitrogen and oxygen atoms in total. The van der Waals surface area contributed by atoms with Gasteiger partial charge in [0.15, 0.2) is 17.6 Å². The Hall–Kier alpha value is -2.69. The van der Waals surface area contributed by atoms with Crippen LogP contribution in [0.4, 0.5) is 0 Å². The summed E-state index contributed by atoms with van der Waals surface area (Å²) in [5.41, 5.74) is 1.93. The molecule has 1 amide bonds. The molecule has 0 fully saturated rings. The van der Waals surface area contributed by atoms with E-state index in [1.807, 2.05) is 49.4 Å². The van der Waals surface area contributed by atoms with Gasteiger partial charge in [-0.05, 0) is 49.6 Å². The molecule has 0 aliphatic carbocycles. The molecule has 0 aliphatic heterocycles. The largest absolute Gasteiger partial charge is 0.493 e. The van der Waals surface area contributed by atoms with Crippen LogP contribution < -0.4 is 19.5 Å². The summed E-state index contributed by atoms with van der Waals surface area (Å²) in [6.45, 7) is 6.78. The second kappa shape index (κ2) is 9.70. The van der Waals surface area contributed by atoms with Crippen LogP contribution in [0.2, 0.25) is 0 Å². The van der Waals surface area contributed by atoms with Crippen LogP contribution in [0.1, 0.15) is 31.4 Å². The fourth-order valence-corrected chi connectivity index (χ4v) is 2.42. The van der Waals surface area contributed by atoms with Crippen molar-refractivity contribution in [2.75, 3.05) is 13.7 Å². The third kappa shape index (κ3) is 5.41. The second-order valence-corrected chi connectivity index (χ2v) is 6.08. The zero-order chi connectivity index (χ0) is 18.9. The molecule has 0 radical (unpaired) electrons. The van der Waals surface area contributed by atoms with E-state index in [4.69, 9.17) is 14.2 Å². The van der Waals surface area contributed by atoms with E-state index in [1.54, 1.807) is 14.0 Å². The number of nitrogens with one attached hydrogen (secondary N) is 1. The van der Waals surface area contributed by atoms with Gasteiger partial charge in [-0.1, -0.05) is 31.2 Å². The molecule has 0 spiro atoms. The predicted molar refractivity (Wildman–Crippen MR) is 102 cm³/mol. The van der Waals surface area contributed by atoms with E-state index < -0.39 is 6.10 Å². The van der Waals surface area contributed by atoms with E-state index in [9.17, 15) is 4.79 Å². The standard InChI is InChI=1S/C21H27NO4/c1-5-12-25-19-11-10-17(13-20(19)24-4)14-22-21(23)16(3)26-18-9-7-6-8-15(18)2/h6-11,13,16H,5,12,14H2,1-4H3,(H,22,23). The van der Waals surface area contributed by atoms with Crippen LogP contribution in [-0.2, 0) is 11.3 Å². The van der Waals surface area contributed by atoms with Gasteiger partial charge in [-0.25, -0.2) is 0 Å². The van der Waals surface area contributed by atoms with Crippen LogP contribution in [-0.4, -0.2) is 25.7 Å². The highest BCUT2D eigenvalue weighted by atomic mass is 16.5. The lowest BCUT2D eigenvalue weighted by Gasteiger charge is -2.16. The van der Waals surface area contributed by atoms with E-state index in [0.29, 0.717) is 30.4 Å². The van der Waals surface area contributed by atoms with Gasteiger partial charge >= 0.3 is 0 Å². The number of hydrogen-bond donors (Lipinski definition) is 1. The Morgan fingerprint density at radius 3 is 2.58 bits per heavy atom. The molecule has 1 atom stereocenters. The summed E-state index contributed by atoms with van der Waals surface area (Å²) in [4.78, 5) is 12.3. The van der Waals surface area contributed by atoms with Gasteiger partial charge in [0.1, 0.15) is 5.75 Å². The van der Waals surface area contributed by atoms with Crippen molar-refractivity contribution in [1.82, 2.24) is 5.32 Å². The number of carbonyl (C=O) groups excluding carboxylic acids is 1. The Labute approximate surface area is 155 Å². The number of aryl methyl sites for hydroxylation is 1. The first-order chi connectivity index (χ1) is 12.5. The van der Waals surface area contributed by atoms with Crippen LogP contribution in [0.5, 0.6) is 17.2 Å². The van der Waals surface area contributed by atoms with E-state index >= 15 is 0 Å². The predicted octanol–water partition coefficient (Wildman–Crippen LogP) is 3.88. The summed E-state index contributed by atoms with van der Waals surface area (Å²) < 4.78 is 16.8. The quantitative estimate of drug-likeness (QED) is 0.740. The molecular weight excluding hydrogens is 330 g/mol. The molecular formula is C21H27NO4. The Bertz CT molecular complexity index is 730. The van der Waals surface area contributed by atoms with Gasteiger partial charge in [0.25, 0.3) is 5.91 Å². The van der Waals surface area contributed by atoms with E-state index in [0.717, 1.165) is 17.5 Å². The number of benzene rings is 2. The minimum Gasteiger partial charge on any atom is -0.493 e. The van der Waals surface area contributed by atoms with Crippen molar-refractivity contribution in [3.05, 3.63) is 53.6 Å². The lowest BCUT2D eigenvalue weighted by atomic mass is 10.2. The van der Waals surface area contributed by atoms with Crippen LogP contribution >= 0.6 is 0 Å². The summed E-state index contributed by atoms with van der Waals surface area (Å²) in [5, 5.41) is 2.89. The molecule has 140 valence electrons. The topological polar surface area (TPSA) is 56.8 Å². The van der Waals surface area contributed by atoms with Crippen LogP contribution in [0.3, 0.4) is 0 Å². The van der Waals surface area contributed by atoms with Gasteiger partial charge in [-0.3, -0.25) is 4.79 Å². The molecule has 2 rings (SSSR count). The Morgan fingerprint density at radius 1 is 1.12 bits per heavy atom. The first-order valence-corrected chi connectivity index (χ1v) is 8.84. The van der Waals surface area contributed by atoms with Crippen molar-refractivity contribution in [2.24, 2.45) is 0 Å². The number of ether oxygens (including phenoxy) is 3. The molecule has 0 saturated carbocycles. The summed E-state index contributed by atoms with van der Waals surface area (Å²) in [5.74, 6) is 1.92. The maximum atomic E-state index is 12.3. The van der Waals surface area contributed by atoms with E-state index in [-0.39, 0.29) is 5.91 Å². The number of hydrogen-bond acceptors (Lipinski definition) is 4. The molecule has 1 unspecified atom stereocenters. The number of rotatable bonds is 9. The SMILES string of the molecule is CCCOc1ccc(CNC(=O)C(C)Oc2ccccc2C)cc1OC. The Morgan fingerprint density at radius 2 is 1.88 bits per heavy atom. The third-order valence-electron chi connectivity index (χ3n) is 3.92. The molecule has 2 aromatic carbocycles. The van der Waals surface area contributed by atoms with Gasteiger partial charge in [0, 0.05) is 6.54 Å². The lowest BCUT2D eigenvalue weighted by Crippen LogP contribution is -2.36. The van der Waals surface area contributed by atoms with Crippen molar-refractivity contribution in [2.45, 2.75) is 39.8 Å². The highest BCUT2D eigenvalue weighted by Crippen LogP contribution is 2.28. The third-order valence-corrected chi connectivity index (χ3v) is 3.92. The highest BCUT2D eigenvalue weighted by Gasteiger charge is 2.15. The number of amides is 1. The zero-order valence-electron chi connectivity index (χ0n) is 15.9. The van der Waals surface area contributed by atoms with Crippen molar-refractivity contribution < 1.29 is 19.0 Å². The molecule has 5 heteroatoms. The number of carbonyl (C=O) groups is 1. The lowest BCUT2D eigenvalue weighted by molar-refractivity contribution is -0.127. The van der Waals surface area contributed by atoms with E-state index in [2.05, 4.69) is 12.2 Å². The van der Waals surface area contributed by atoms with Gasteiger partial charge in [0.2, 0.25) is 0 Å². The van der Waals surface area contributed by atoms with Gasteiger partial charge < -0.3 is 19.5 Å². The maximum absolute atomic E-state index is 12.3. The Balaban J connectivity index is 1.93. The number of methoxy groups -OCH3 is 1. The van der Waals surface area contributed by atoms with Gasteiger partial charge in [0.05, 0.1) is 13.7 Å². The van der Waals surface area contributed by atoms with Crippen LogP contribution in [0.25, 0.3) is 0 Å². The van der Waals surface area contributed by atoms with Crippen LogP contribution in [0, 0.1) is 6.92 Å². The first-order valence-electron chi connectivity index (χ1n) is 8.84. The monoisotopic (exact) mass is 357 g/mol. The zero-order valence-corrected chi connectivity index (χ0v) is 15.9. The average molecular weight is 357 g/mol. The highest BCUT2D eigenvalue weighted by molar-refractivity contribution is 5.80. The summed E-state index contributed by atoms with van der Waals surface area (Å²) in [6.07, 6.45) is 0.352. The molecule has 2 aromatic rings. The minimum absolute atomic E-state index is 0.168. The summed E-state index contributed by atoms with van der Waals surface area (Å²) >= 11 is 0. The average Bonchev–Trinajstić information content (AvgIpc) is 2.66.